The number of carbonyl (C=O) groups excluding carboxylic acids is 1. The number of aryl methyl sites for hydroxylation is 1. The molecule has 142 valence electrons. The number of allylic oxidation sites excluding steroid dienone is 1. The zero-order chi connectivity index (χ0) is 20.1. The predicted octanol–water partition coefficient (Wildman–Crippen LogP) is 4.80. The lowest BCUT2D eigenvalue weighted by Gasteiger charge is -2.07. The summed E-state index contributed by atoms with van der Waals surface area (Å²) in [5, 5.41) is 0. The van der Waals surface area contributed by atoms with Crippen LogP contribution in [0.15, 0.2) is 83.8 Å². The fraction of sp³-hybridized carbons (Fsp3) is 0.0455. The van der Waals surface area contributed by atoms with Crippen molar-refractivity contribution in [3.8, 4) is 5.75 Å². The maximum atomic E-state index is 12.9. The van der Waals surface area contributed by atoms with E-state index in [0.29, 0.717) is 11.1 Å². The molecule has 0 N–H and O–H groups in total. The highest BCUT2D eigenvalue weighted by Crippen LogP contribution is 2.20. The quantitative estimate of drug-likeness (QED) is 0.341. The first-order chi connectivity index (χ1) is 13.3. The van der Waals surface area contributed by atoms with Crippen LogP contribution in [0, 0.1) is 12.7 Å². The molecular weight excluding hydrogens is 379 g/mol. The van der Waals surface area contributed by atoms with Crippen LogP contribution in [-0.4, -0.2) is 14.2 Å². The summed E-state index contributed by atoms with van der Waals surface area (Å²) in [6.07, 6.45) is 2.95. The van der Waals surface area contributed by atoms with Crippen LogP contribution in [0.4, 0.5) is 4.39 Å². The lowest BCUT2D eigenvalue weighted by Crippen LogP contribution is -2.09. The van der Waals surface area contributed by atoms with Crippen LogP contribution in [0.2, 0.25) is 0 Å². The molecule has 28 heavy (non-hydrogen) atoms. The van der Waals surface area contributed by atoms with E-state index in [1.165, 1.54) is 54.6 Å². The van der Waals surface area contributed by atoms with Gasteiger partial charge in [0.25, 0.3) is 0 Å². The summed E-state index contributed by atoms with van der Waals surface area (Å²) >= 11 is 0. The fourth-order valence-corrected chi connectivity index (χ4v) is 3.33. The highest BCUT2D eigenvalue weighted by atomic mass is 32.2. The second kappa shape index (κ2) is 8.19. The first kappa shape index (κ1) is 19.5. The van der Waals surface area contributed by atoms with Gasteiger partial charge in [0.2, 0.25) is 0 Å². The largest absolute Gasteiger partial charge is 0.379 e. The van der Waals surface area contributed by atoms with Crippen LogP contribution in [0.3, 0.4) is 0 Å². The van der Waals surface area contributed by atoms with Crippen molar-refractivity contribution in [3.63, 3.8) is 0 Å². The van der Waals surface area contributed by atoms with E-state index < -0.39 is 15.9 Å². The molecule has 0 aliphatic heterocycles. The van der Waals surface area contributed by atoms with Gasteiger partial charge in [-0.25, -0.2) is 4.39 Å². The number of rotatable bonds is 6. The van der Waals surface area contributed by atoms with Crippen molar-refractivity contribution in [3.05, 3.63) is 101 Å². The minimum atomic E-state index is -3.91. The van der Waals surface area contributed by atoms with Crippen molar-refractivity contribution in [1.82, 2.24) is 0 Å². The van der Waals surface area contributed by atoms with Gasteiger partial charge in [-0.3, -0.25) is 4.79 Å². The van der Waals surface area contributed by atoms with Crippen molar-refractivity contribution in [2.45, 2.75) is 11.8 Å². The van der Waals surface area contributed by atoms with E-state index in [2.05, 4.69) is 0 Å². The number of halogens is 1. The summed E-state index contributed by atoms with van der Waals surface area (Å²) in [5.41, 5.74) is 2.02. The standard InChI is InChI=1S/C22H17FO4S/c1-16-2-13-21(14-3-16)28(25,26)27-20-11-4-17(5-12-20)6-15-22(24)18-7-9-19(23)10-8-18/h2-15H,1H3/b15-6+. The lowest BCUT2D eigenvalue weighted by atomic mass is 10.1. The Kier molecular flexibility index (Phi) is 5.70. The zero-order valence-corrected chi connectivity index (χ0v) is 15.8. The molecule has 3 aromatic carbocycles. The van der Waals surface area contributed by atoms with Crippen molar-refractivity contribution in [1.29, 1.82) is 0 Å². The molecule has 3 aromatic rings. The molecule has 6 heteroatoms. The van der Waals surface area contributed by atoms with Crippen LogP contribution < -0.4 is 4.18 Å². The van der Waals surface area contributed by atoms with Gasteiger partial charge in [0.1, 0.15) is 16.5 Å². The zero-order valence-electron chi connectivity index (χ0n) is 15.0. The molecule has 3 rings (SSSR count). The Balaban J connectivity index is 1.68. The summed E-state index contributed by atoms with van der Waals surface area (Å²) < 4.78 is 42.6. The van der Waals surface area contributed by atoms with E-state index >= 15 is 0 Å². The molecule has 0 fully saturated rings. The van der Waals surface area contributed by atoms with Gasteiger partial charge in [0, 0.05) is 5.56 Å². The van der Waals surface area contributed by atoms with Gasteiger partial charge < -0.3 is 4.18 Å². The Morgan fingerprint density at radius 1 is 0.893 bits per heavy atom. The van der Waals surface area contributed by atoms with E-state index in [0.717, 1.165) is 5.56 Å². The van der Waals surface area contributed by atoms with Crippen molar-refractivity contribution < 1.29 is 21.8 Å². The topological polar surface area (TPSA) is 60.4 Å². The van der Waals surface area contributed by atoms with Gasteiger partial charge in [0.05, 0.1) is 0 Å². The minimum Gasteiger partial charge on any atom is -0.379 e. The Morgan fingerprint density at radius 2 is 1.50 bits per heavy atom. The van der Waals surface area contributed by atoms with E-state index in [1.54, 1.807) is 30.3 Å². The summed E-state index contributed by atoms with van der Waals surface area (Å²) in [4.78, 5) is 12.1. The van der Waals surface area contributed by atoms with Gasteiger partial charge >= 0.3 is 10.1 Å². The summed E-state index contributed by atoms with van der Waals surface area (Å²) in [7, 11) is -3.91. The third-order valence-corrected chi connectivity index (χ3v) is 5.21. The molecule has 0 aliphatic carbocycles. The molecule has 0 unspecified atom stereocenters. The molecule has 0 saturated carbocycles. The van der Waals surface area contributed by atoms with Gasteiger partial charge in [-0.05, 0) is 67.1 Å². The molecule has 4 nitrogen and oxygen atoms in total. The second-order valence-electron chi connectivity index (χ2n) is 6.12. The van der Waals surface area contributed by atoms with Crippen molar-refractivity contribution in [2.75, 3.05) is 0 Å². The number of hydrogen-bond donors (Lipinski definition) is 0. The molecule has 0 saturated heterocycles. The smallest absolute Gasteiger partial charge is 0.339 e. The Morgan fingerprint density at radius 3 is 2.11 bits per heavy atom. The normalized spacial score (nSPS) is 11.5. The minimum absolute atomic E-state index is 0.0759. The molecule has 0 amide bonds. The molecule has 0 bridgehead atoms. The highest BCUT2D eigenvalue weighted by molar-refractivity contribution is 7.87. The number of carbonyl (C=O) groups is 1. The van der Waals surface area contributed by atoms with Gasteiger partial charge in [-0.2, -0.15) is 8.42 Å². The molecule has 0 heterocycles. The van der Waals surface area contributed by atoms with E-state index in [9.17, 15) is 17.6 Å². The molecular formula is C22H17FO4S. The maximum absolute atomic E-state index is 12.9. The molecule has 0 spiro atoms. The van der Waals surface area contributed by atoms with Crippen LogP contribution in [0.1, 0.15) is 21.5 Å². The van der Waals surface area contributed by atoms with E-state index in [-0.39, 0.29) is 16.4 Å². The molecule has 0 atom stereocenters. The van der Waals surface area contributed by atoms with Crippen LogP contribution in [-0.2, 0) is 10.1 Å². The SMILES string of the molecule is Cc1ccc(S(=O)(=O)Oc2ccc(/C=C/C(=O)c3ccc(F)cc3)cc2)cc1. The first-order valence-electron chi connectivity index (χ1n) is 8.43. The summed E-state index contributed by atoms with van der Waals surface area (Å²) in [5.74, 6) is -0.499. The predicted molar refractivity (Wildman–Crippen MR) is 105 cm³/mol. The van der Waals surface area contributed by atoms with Crippen LogP contribution in [0.5, 0.6) is 5.75 Å². The number of benzene rings is 3. The van der Waals surface area contributed by atoms with Crippen molar-refractivity contribution >= 4 is 22.0 Å². The van der Waals surface area contributed by atoms with E-state index in [4.69, 9.17) is 4.18 Å². The summed E-state index contributed by atoms with van der Waals surface area (Å²) in [6.45, 7) is 1.87. The lowest BCUT2D eigenvalue weighted by molar-refractivity contribution is 0.104. The Labute approximate surface area is 163 Å². The average molecular weight is 396 g/mol. The molecule has 0 aliphatic rings. The Hall–Kier alpha value is -3.25. The van der Waals surface area contributed by atoms with Crippen LogP contribution in [0.25, 0.3) is 6.08 Å². The number of hydrogen-bond acceptors (Lipinski definition) is 4. The molecule has 0 radical (unpaired) electrons. The Bertz CT molecular complexity index is 1100. The van der Waals surface area contributed by atoms with Gasteiger partial charge in [-0.15, -0.1) is 0 Å². The highest BCUT2D eigenvalue weighted by Gasteiger charge is 2.16. The molecule has 0 aromatic heterocycles. The van der Waals surface area contributed by atoms with Crippen LogP contribution >= 0.6 is 0 Å². The van der Waals surface area contributed by atoms with E-state index in [1.807, 2.05) is 6.92 Å². The number of ketones is 1. The average Bonchev–Trinajstić information content (AvgIpc) is 2.68. The first-order valence-corrected chi connectivity index (χ1v) is 9.83. The summed E-state index contributed by atoms with van der Waals surface area (Å²) in [6, 6.07) is 17.9. The van der Waals surface area contributed by atoms with Crippen molar-refractivity contribution in [2.24, 2.45) is 0 Å². The third-order valence-electron chi connectivity index (χ3n) is 3.95. The third kappa shape index (κ3) is 4.92. The van der Waals surface area contributed by atoms with Gasteiger partial charge in [-0.1, -0.05) is 35.9 Å². The fourth-order valence-electron chi connectivity index (χ4n) is 2.40. The second-order valence-corrected chi connectivity index (χ2v) is 7.67. The maximum Gasteiger partial charge on any atom is 0.339 e. The van der Waals surface area contributed by atoms with Gasteiger partial charge in [0.15, 0.2) is 5.78 Å². The monoisotopic (exact) mass is 396 g/mol.